The molecule has 1 aromatic carbocycles. The Kier molecular flexibility index (Phi) is 4.65. The molecular formula is C18H20ClN5O. The lowest BCUT2D eigenvalue weighted by atomic mass is 9.97. The van der Waals surface area contributed by atoms with Gasteiger partial charge in [0, 0.05) is 54.2 Å². The molecule has 7 heteroatoms. The van der Waals surface area contributed by atoms with Crippen LogP contribution in [0.5, 0.6) is 0 Å². The topological polar surface area (TPSA) is 70.2 Å². The lowest BCUT2D eigenvalue weighted by molar-refractivity contribution is -0.123. The van der Waals surface area contributed by atoms with Crippen molar-refractivity contribution < 1.29 is 4.79 Å². The molecule has 1 amide bonds. The van der Waals surface area contributed by atoms with Gasteiger partial charge in [0.1, 0.15) is 0 Å². The molecule has 0 radical (unpaired) electrons. The highest BCUT2D eigenvalue weighted by atomic mass is 35.5. The standard InChI is InChI=1S/C18H20ClN5O/c19-14-3-1-13(2-4-14)18-21-7-12(8-22-18)10-24-6-5-15-16(11-24)23-17(25)9-20-15/h1-4,7-8,15-16,20H,5-6,9-11H2,(H,23,25)/t15-,16+/m0/s1. The second kappa shape index (κ2) is 7.07. The number of likely N-dealkylation sites (tertiary alicyclic amines) is 1. The van der Waals surface area contributed by atoms with E-state index >= 15 is 0 Å². The summed E-state index contributed by atoms with van der Waals surface area (Å²) >= 11 is 5.91. The first-order valence-electron chi connectivity index (χ1n) is 8.49. The maximum Gasteiger partial charge on any atom is 0.234 e. The lowest BCUT2D eigenvalue weighted by Crippen LogP contribution is -2.65. The summed E-state index contributed by atoms with van der Waals surface area (Å²) in [5.41, 5.74) is 2.03. The summed E-state index contributed by atoms with van der Waals surface area (Å²) < 4.78 is 0. The Morgan fingerprint density at radius 3 is 2.68 bits per heavy atom. The normalized spacial score (nSPS) is 23.8. The predicted molar refractivity (Wildman–Crippen MR) is 96.1 cm³/mol. The van der Waals surface area contributed by atoms with Crippen LogP contribution in [0, 0.1) is 0 Å². The highest BCUT2D eigenvalue weighted by Crippen LogP contribution is 2.19. The van der Waals surface area contributed by atoms with E-state index in [1.54, 1.807) is 0 Å². The first-order chi connectivity index (χ1) is 12.2. The van der Waals surface area contributed by atoms with Crippen LogP contribution in [0.3, 0.4) is 0 Å². The molecule has 0 saturated carbocycles. The summed E-state index contributed by atoms with van der Waals surface area (Å²) in [7, 11) is 0. The Morgan fingerprint density at radius 1 is 1.16 bits per heavy atom. The number of nitrogens with one attached hydrogen (secondary N) is 2. The van der Waals surface area contributed by atoms with Crippen LogP contribution in [0.15, 0.2) is 36.7 Å². The van der Waals surface area contributed by atoms with E-state index in [0.717, 1.165) is 37.2 Å². The molecule has 0 aliphatic carbocycles. The largest absolute Gasteiger partial charge is 0.349 e. The summed E-state index contributed by atoms with van der Waals surface area (Å²) in [4.78, 5) is 22.8. The molecule has 6 nitrogen and oxygen atoms in total. The number of carbonyl (C=O) groups excluding carboxylic acids is 1. The minimum Gasteiger partial charge on any atom is -0.349 e. The summed E-state index contributed by atoms with van der Waals surface area (Å²) in [6.45, 7) is 3.08. The maximum absolute atomic E-state index is 11.6. The van der Waals surface area contributed by atoms with Crippen molar-refractivity contribution >= 4 is 17.5 Å². The second-order valence-electron chi connectivity index (χ2n) is 6.61. The van der Waals surface area contributed by atoms with E-state index < -0.39 is 0 Å². The number of rotatable bonds is 3. The fourth-order valence-electron chi connectivity index (χ4n) is 3.48. The van der Waals surface area contributed by atoms with Crippen LogP contribution in [0.2, 0.25) is 5.02 Å². The van der Waals surface area contributed by atoms with Gasteiger partial charge in [-0.05, 0) is 30.7 Å². The number of amides is 1. The quantitative estimate of drug-likeness (QED) is 0.870. The maximum atomic E-state index is 11.6. The van der Waals surface area contributed by atoms with E-state index in [-0.39, 0.29) is 11.9 Å². The Hall–Kier alpha value is -2.02. The zero-order chi connectivity index (χ0) is 17.2. The molecule has 3 heterocycles. The van der Waals surface area contributed by atoms with Crippen LogP contribution < -0.4 is 10.6 Å². The van der Waals surface area contributed by atoms with Gasteiger partial charge in [0.25, 0.3) is 0 Å². The molecule has 2 atom stereocenters. The Morgan fingerprint density at radius 2 is 1.92 bits per heavy atom. The third-order valence-electron chi connectivity index (χ3n) is 4.78. The summed E-state index contributed by atoms with van der Waals surface area (Å²) in [5, 5.41) is 7.10. The Bertz CT molecular complexity index is 749. The number of fused-ring (bicyclic) bond motifs is 1. The highest BCUT2D eigenvalue weighted by molar-refractivity contribution is 6.30. The minimum atomic E-state index is 0.0822. The van der Waals surface area contributed by atoms with Crippen molar-refractivity contribution in [3.8, 4) is 11.4 Å². The predicted octanol–water partition coefficient (Wildman–Crippen LogP) is 1.46. The van der Waals surface area contributed by atoms with Crippen LogP contribution in [-0.4, -0.2) is 52.5 Å². The second-order valence-corrected chi connectivity index (χ2v) is 7.04. The number of piperazine rings is 1. The molecule has 2 saturated heterocycles. The molecule has 2 aliphatic heterocycles. The van der Waals surface area contributed by atoms with Gasteiger partial charge in [-0.15, -0.1) is 0 Å². The first-order valence-corrected chi connectivity index (χ1v) is 8.87. The van der Waals surface area contributed by atoms with Gasteiger partial charge in [0.2, 0.25) is 5.91 Å². The molecule has 130 valence electrons. The van der Waals surface area contributed by atoms with Crippen molar-refractivity contribution in [1.29, 1.82) is 0 Å². The Labute approximate surface area is 151 Å². The van der Waals surface area contributed by atoms with E-state index in [1.807, 2.05) is 36.7 Å². The average Bonchev–Trinajstić information content (AvgIpc) is 2.63. The van der Waals surface area contributed by atoms with Crippen LogP contribution in [0.25, 0.3) is 11.4 Å². The van der Waals surface area contributed by atoms with Crippen LogP contribution in [-0.2, 0) is 11.3 Å². The van der Waals surface area contributed by atoms with Gasteiger partial charge < -0.3 is 10.6 Å². The number of carbonyl (C=O) groups is 1. The van der Waals surface area contributed by atoms with Gasteiger partial charge in [0.05, 0.1) is 12.6 Å². The number of benzene rings is 1. The van der Waals surface area contributed by atoms with Gasteiger partial charge >= 0.3 is 0 Å². The van der Waals surface area contributed by atoms with Crippen molar-refractivity contribution in [2.75, 3.05) is 19.6 Å². The fourth-order valence-corrected chi connectivity index (χ4v) is 3.60. The number of piperidine rings is 1. The summed E-state index contributed by atoms with van der Waals surface area (Å²) in [6.07, 6.45) is 4.79. The van der Waals surface area contributed by atoms with Gasteiger partial charge in [-0.25, -0.2) is 9.97 Å². The van der Waals surface area contributed by atoms with Crippen molar-refractivity contribution in [3.63, 3.8) is 0 Å². The number of nitrogens with zero attached hydrogens (tertiary/aromatic N) is 3. The third kappa shape index (κ3) is 3.81. The Balaban J connectivity index is 1.39. The van der Waals surface area contributed by atoms with Crippen molar-refractivity contribution in [1.82, 2.24) is 25.5 Å². The van der Waals surface area contributed by atoms with Crippen molar-refractivity contribution in [2.24, 2.45) is 0 Å². The molecule has 0 spiro atoms. The minimum absolute atomic E-state index is 0.0822. The number of hydrogen-bond acceptors (Lipinski definition) is 5. The average molecular weight is 358 g/mol. The monoisotopic (exact) mass is 357 g/mol. The summed E-state index contributed by atoms with van der Waals surface area (Å²) in [6, 6.07) is 8.08. The van der Waals surface area contributed by atoms with Crippen LogP contribution in [0.1, 0.15) is 12.0 Å². The van der Waals surface area contributed by atoms with Gasteiger partial charge in [-0.3, -0.25) is 9.69 Å². The van der Waals surface area contributed by atoms with Gasteiger partial charge in [-0.2, -0.15) is 0 Å². The first kappa shape index (κ1) is 16.4. The smallest absolute Gasteiger partial charge is 0.234 e. The highest BCUT2D eigenvalue weighted by Gasteiger charge is 2.33. The number of aromatic nitrogens is 2. The molecule has 0 bridgehead atoms. The number of hydrogen-bond donors (Lipinski definition) is 2. The SMILES string of the molecule is O=C1CN[C@H]2CCN(Cc3cnc(-c4ccc(Cl)cc4)nc3)C[C@H]2N1. The molecule has 25 heavy (non-hydrogen) atoms. The zero-order valence-electron chi connectivity index (χ0n) is 13.8. The molecule has 0 unspecified atom stereocenters. The van der Waals surface area contributed by atoms with E-state index in [9.17, 15) is 4.79 Å². The molecule has 2 aromatic rings. The number of halogens is 1. The van der Waals surface area contributed by atoms with E-state index in [0.29, 0.717) is 23.4 Å². The molecule has 4 rings (SSSR count). The molecule has 2 aliphatic rings. The summed E-state index contributed by atoms with van der Waals surface area (Å²) in [5.74, 6) is 0.779. The van der Waals surface area contributed by atoms with E-state index in [4.69, 9.17) is 11.6 Å². The lowest BCUT2D eigenvalue weighted by Gasteiger charge is -2.41. The van der Waals surface area contributed by atoms with Crippen molar-refractivity contribution in [3.05, 3.63) is 47.2 Å². The third-order valence-corrected chi connectivity index (χ3v) is 5.03. The van der Waals surface area contributed by atoms with Crippen molar-refractivity contribution in [2.45, 2.75) is 25.0 Å². The van der Waals surface area contributed by atoms with Crippen LogP contribution >= 0.6 is 11.6 Å². The van der Waals surface area contributed by atoms with E-state index in [2.05, 4.69) is 25.5 Å². The molecule has 1 aromatic heterocycles. The molecular weight excluding hydrogens is 338 g/mol. The van der Waals surface area contributed by atoms with E-state index in [1.165, 1.54) is 0 Å². The fraction of sp³-hybridized carbons (Fsp3) is 0.389. The zero-order valence-corrected chi connectivity index (χ0v) is 14.5. The molecule has 2 fully saturated rings. The van der Waals surface area contributed by atoms with Gasteiger partial charge in [0.15, 0.2) is 5.82 Å². The van der Waals surface area contributed by atoms with Gasteiger partial charge in [-0.1, -0.05) is 11.6 Å². The molecule has 2 N–H and O–H groups in total. The van der Waals surface area contributed by atoms with Crippen LogP contribution in [0.4, 0.5) is 0 Å².